The van der Waals surface area contributed by atoms with Crippen LogP contribution < -0.4 is 4.74 Å². The molecule has 2 amide bonds. The van der Waals surface area contributed by atoms with Crippen molar-refractivity contribution in [3.8, 4) is 5.75 Å². The van der Waals surface area contributed by atoms with E-state index in [-0.39, 0.29) is 38.1 Å². The molecule has 142 valence electrons. The molecule has 1 N–H and O–H groups in total. The van der Waals surface area contributed by atoms with Crippen LogP contribution in [0.4, 0.5) is 0 Å². The van der Waals surface area contributed by atoms with Crippen molar-refractivity contribution >= 4 is 11.8 Å². The SMILES string of the molecule is O=C1CN(C(=O)COc2ccccc2)CC(O)CN1CCc1ccccc1. The number of rotatable bonds is 6. The fourth-order valence-corrected chi connectivity index (χ4v) is 3.06. The number of ether oxygens (including phenoxy) is 1. The van der Waals surface area contributed by atoms with Crippen LogP contribution in [0.1, 0.15) is 5.56 Å². The number of para-hydroxylation sites is 1. The van der Waals surface area contributed by atoms with E-state index in [2.05, 4.69) is 0 Å². The lowest BCUT2D eigenvalue weighted by atomic mass is 10.1. The third-order valence-corrected chi connectivity index (χ3v) is 4.51. The smallest absolute Gasteiger partial charge is 0.261 e. The van der Waals surface area contributed by atoms with Crippen molar-refractivity contribution in [3.05, 3.63) is 66.2 Å². The molecule has 27 heavy (non-hydrogen) atoms. The first-order chi connectivity index (χ1) is 13.1. The molecular formula is C21H24N2O4. The molecule has 1 unspecified atom stereocenters. The van der Waals surface area contributed by atoms with Gasteiger partial charge >= 0.3 is 0 Å². The summed E-state index contributed by atoms with van der Waals surface area (Å²) in [5.41, 5.74) is 1.13. The number of amides is 2. The van der Waals surface area contributed by atoms with Gasteiger partial charge in [-0.1, -0.05) is 48.5 Å². The first-order valence-electron chi connectivity index (χ1n) is 9.07. The molecule has 0 bridgehead atoms. The second kappa shape index (κ2) is 9.19. The molecule has 1 aliphatic heterocycles. The van der Waals surface area contributed by atoms with Crippen LogP contribution in [0.5, 0.6) is 5.75 Å². The van der Waals surface area contributed by atoms with E-state index in [0.717, 1.165) is 5.56 Å². The molecule has 1 aliphatic rings. The second-order valence-electron chi connectivity index (χ2n) is 6.61. The minimum Gasteiger partial charge on any atom is -0.484 e. The van der Waals surface area contributed by atoms with Gasteiger partial charge in [0.2, 0.25) is 5.91 Å². The molecule has 0 saturated carbocycles. The Morgan fingerprint density at radius 3 is 2.41 bits per heavy atom. The zero-order chi connectivity index (χ0) is 19.1. The van der Waals surface area contributed by atoms with E-state index in [1.54, 1.807) is 17.0 Å². The minimum absolute atomic E-state index is 0.0389. The average Bonchev–Trinajstić information content (AvgIpc) is 2.84. The van der Waals surface area contributed by atoms with Gasteiger partial charge < -0.3 is 19.6 Å². The average molecular weight is 368 g/mol. The highest BCUT2D eigenvalue weighted by atomic mass is 16.5. The number of carbonyl (C=O) groups is 2. The second-order valence-corrected chi connectivity index (χ2v) is 6.61. The summed E-state index contributed by atoms with van der Waals surface area (Å²) in [4.78, 5) is 28.0. The highest BCUT2D eigenvalue weighted by Crippen LogP contribution is 2.11. The Hall–Kier alpha value is -2.86. The third-order valence-electron chi connectivity index (χ3n) is 4.51. The molecule has 1 heterocycles. The van der Waals surface area contributed by atoms with Gasteiger partial charge in [-0.25, -0.2) is 0 Å². The molecule has 0 radical (unpaired) electrons. The summed E-state index contributed by atoms with van der Waals surface area (Å²) in [5.74, 6) is 0.128. The van der Waals surface area contributed by atoms with Gasteiger partial charge in [0.1, 0.15) is 5.75 Å². The van der Waals surface area contributed by atoms with E-state index >= 15 is 0 Å². The van der Waals surface area contributed by atoms with E-state index in [9.17, 15) is 14.7 Å². The Labute approximate surface area is 159 Å². The van der Waals surface area contributed by atoms with Gasteiger partial charge in [0.25, 0.3) is 5.91 Å². The summed E-state index contributed by atoms with van der Waals surface area (Å²) in [6.45, 7) is 0.679. The van der Waals surface area contributed by atoms with Gasteiger partial charge in [0.15, 0.2) is 6.61 Å². The Morgan fingerprint density at radius 1 is 1.04 bits per heavy atom. The first kappa shape index (κ1) is 18.9. The maximum absolute atomic E-state index is 12.6. The van der Waals surface area contributed by atoms with Crippen molar-refractivity contribution in [2.45, 2.75) is 12.5 Å². The van der Waals surface area contributed by atoms with Crippen molar-refractivity contribution in [3.63, 3.8) is 0 Å². The third kappa shape index (κ3) is 5.56. The van der Waals surface area contributed by atoms with Crippen molar-refractivity contribution in [1.82, 2.24) is 9.80 Å². The monoisotopic (exact) mass is 368 g/mol. The highest BCUT2D eigenvalue weighted by Gasteiger charge is 2.29. The molecule has 6 heteroatoms. The molecule has 2 aromatic carbocycles. The van der Waals surface area contributed by atoms with Gasteiger partial charge in [0, 0.05) is 19.6 Å². The molecule has 1 atom stereocenters. The van der Waals surface area contributed by atoms with Crippen molar-refractivity contribution in [2.75, 3.05) is 32.8 Å². The summed E-state index contributed by atoms with van der Waals surface area (Å²) in [7, 11) is 0. The molecule has 2 aromatic rings. The van der Waals surface area contributed by atoms with Crippen LogP contribution in [0.2, 0.25) is 0 Å². The molecule has 1 saturated heterocycles. The van der Waals surface area contributed by atoms with Gasteiger partial charge in [-0.2, -0.15) is 0 Å². The zero-order valence-corrected chi connectivity index (χ0v) is 15.2. The van der Waals surface area contributed by atoms with Gasteiger partial charge in [-0.05, 0) is 24.1 Å². The summed E-state index contributed by atoms with van der Waals surface area (Å²) in [5, 5.41) is 10.3. The van der Waals surface area contributed by atoms with Gasteiger partial charge in [-0.15, -0.1) is 0 Å². The first-order valence-corrected chi connectivity index (χ1v) is 9.07. The highest BCUT2D eigenvalue weighted by molar-refractivity contribution is 5.86. The number of hydrogen-bond acceptors (Lipinski definition) is 4. The van der Waals surface area contributed by atoms with Crippen molar-refractivity contribution < 1.29 is 19.4 Å². The lowest BCUT2D eigenvalue weighted by Crippen LogP contribution is -2.42. The molecule has 0 aromatic heterocycles. The normalized spacial score (nSPS) is 17.5. The number of aliphatic hydroxyl groups is 1. The van der Waals surface area contributed by atoms with E-state index in [4.69, 9.17) is 4.74 Å². The van der Waals surface area contributed by atoms with E-state index in [1.165, 1.54) is 4.90 Å². The Kier molecular flexibility index (Phi) is 6.44. The van der Waals surface area contributed by atoms with E-state index < -0.39 is 6.10 Å². The van der Waals surface area contributed by atoms with Crippen LogP contribution in [0, 0.1) is 0 Å². The fraction of sp³-hybridized carbons (Fsp3) is 0.333. The van der Waals surface area contributed by atoms with Crippen LogP contribution in [0.15, 0.2) is 60.7 Å². The molecule has 0 aliphatic carbocycles. The lowest BCUT2D eigenvalue weighted by molar-refractivity contribution is -0.140. The number of nitrogens with zero attached hydrogens (tertiary/aromatic N) is 2. The van der Waals surface area contributed by atoms with E-state index in [1.807, 2.05) is 48.5 Å². The molecular weight excluding hydrogens is 344 g/mol. The quantitative estimate of drug-likeness (QED) is 0.835. The summed E-state index contributed by atoms with van der Waals surface area (Å²) >= 11 is 0. The lowest BCUT2D eigenvalue weighted by Gasteiger charge is -2.22. The minimum atomic E-state index is -0.770. The fourth-order valence-electron chi connectivity index (χ4n) is 3.06. The largest absolute Gasteiger partial charge is 0.484 e. The topological polar surface area (TPSA) is 70.1 Å². The number of β-amino-alcohol motifs (C(OH)–C–C–N with tert-alkyl or cyclic N) is 1. The zero-order valence-electron chi connectivity index (χ0n) is 15.2. The number of aliphatic hydroxyl groups excluding tert-OH is 1. The van der Waals surface area contributed by atoms with Crippen molar-refractivity contribution in [1.29, 1.82) is 0 Å². The maximum atomic E-state index is 12.6. The predicted molar refractivity (Wildman–Crippen MR) is 101 cm³/mol. The number of carbonyl (C=O) groups excluding carboxylic acids is 2. The van der Waals surface area contributed by atoms with Crippen LogP contribution >= 0.6 is 0 Å². The predicted octanol–water partition coefficient (Wildman–Crippen LogP) is 1.34. The summed E-state index contributed by atoms with van der Waals surface area (Å²) < 4.78 is 5.47. The Bertz CT molecular complexity index is 751. The number of benzene rings is 2. The van der Waals surface area contributed by atoms with Crippen molar-refractivity contribution in [2.24, 2.45) is 0 Å². The van der Waals surface area contributed by atoms with E-state index in [0.29, 0.717) is 18.7 Å². The van der Waals surface area contributed by atoms with Gasteiger partial charge in [0.05, 0.1) is 12.6 Å². The Balaban J connectivity index is 1.54. The van der Waals surface area contributed by atoms with Gasteiger partial charge in [-0.3, -0.25) is 9.59 Å². The van der Waals surface area contributed by atoms with Crippen LogP contribution in [0.25, 0.3) is 0 Å². The standard InChI is InChI=1S/C21H24N2O4/c24-18-13-22(12-11-17-7-3-1-4-8-17)20(25)15-23(14-18)21(26)16-27-19-9-5-2-6-10-19/h1-10,18,24H,11-16H2. The Morgan fingerprint density at radius 2 is 1.70 bits per heavy atom. The maximum Gasteiger partial charge on any atom is 0.261 e. The molecule has 0 spiro atoms. The number of hydrogen-bond donors (Lipinski definition) is 1. The van der Waals surface area contributed by atoms with Crippen LogP contribution in [-0.2, 0) is 16.0 Å². The molecule has 3 rings (SSSR count). The summed E-state index contributed by atoms with van der Waals surface area (Å²) in [6, 6.07) is 18.9. The van der Waals surface area contributed by atoms with Crippen LogP contribution in [-0.4, -0.2) is 65.6 Å². The van der Waals surface area contributed by atoms with Crippen LogP contribution in [0.3, 0.4) is 0 Å². The summed E-state index contributed by atoms with van der Waals surface area (Å²) in [6.07, 6.45) is -0.0578. The molecule has 6 nitrogen and oxygen atoms in total. The molecule has 1 fully saturated rings.